The van der Waals surface area contributed by atoms with Gasteiger partial charge in [0, 0.05) is 31.1 Å². The van der Waals surface area contributed by atoms with Crippen molar-refractivity contribution in [1.29, 1.82) is 0 Å². The smallest absolute Gasteiger partial charge is 0.310 e. The third-order valence-electron chi connectivity index (χ3n) is 4.90. The third kappa shape index (κ3) is 4.08. The maximum absolute atomic E-state index is 12.5. The molecule has 0 aromatic heterocycles. The summed E-state index contributed by atoms with van der Waals surface area (Å²) in [5.74, 6) is 0.610. The van der Waals surface area contributed by atoms with Gasteiger partial charge in [0.25, 0.3) is 0 Å². The van der Waals surface area contributed by atoms with Gasteiger partial charge in [-0.15, -0.1) is 0 Å². The topological polar surface area (TPSA) is 72.7 Å². The van der Waals surface area contributed by atoms with Gasteiger partial charge in [0.15, 0.2) is 11.5 Å². The first kappa shape index (κ1) is 18.1. The van der Waals surface area contributed by atoms with Crippen molar-refractivity contribution >= 4 is 11.5 Å². The number of nitro groups is 1. The highest BCUT2D eigenvalue weighted by molar-refractivity contribution is 5.97. The van der Waals surface area contributed by atoms with Crippen molar-refractivity contribution in [1.82, 2.24) is 4.90 Å². The van der Waals surface area contributed by atoms with Crippen molar-refractivity contribution in [3.05, 3.63) is 69.8 Å². The first-order valence-corrected chi connectivity index (χ1v) is 8.71. The molecule has 6 heteroatoms. The fraction of sp³-hybridized carbons (Fsp3) is 0.350. The Hall–Kier alpha value is -2.73. The van der Waals surface area contributed by atoms with Crippen LogP contribution in [0.25, 0.3) is 0 Å². The third-order valence-corrected chi connectivity index (χ3v) is 4.90. The van der Waals surface area contributed by atoms with Crippen LogP contribution < -0.4 is 4.74 Å². The molecule has 0 spiro atoms. The Balaban J connectivity index is 1.57. The number of benzene rings is 2. The maximum Gasteiger partial charge on any atom is 0.310 e. The number of hydrogen-bond acceptors (Lipinski definition) is 5. The minimum absolute atomic E-state index is 0.0265. The number of hydrogen-bond donors (Lipinski definition) is 0. The number of nitro benzene ring substituents is 1. The summed E-state index contributed by atoms with van der Waals surface area (Å²) >= 11 is 0. The zero-order chi connectivity index (χ0) is 18.5. The monoisotopic (exact) mass is 354 g/mol. The van der Waals surface area contributed by atoms with Crippen LogP contribution in [0.1, 0.15) is 34.7 Å². The van der Waals surface area contributed by atoms with Crippen LogP contribution in [0.3, 0.4) is 0 Å². The predicted octanol–water partition coefficient (Wildman–Crippen LogP) is 3.67. The fourth-order valence-corrected chi connectivity index (χ4v) is 3.44. The highest BCUT2D eigenvalue weighted by atomic mass is 16.6. The molecule has 0 saturated carbocycles. The molecule has 6 nitrogen and oxygen atoms in total. The summed E-state index contributed by atoms with van der Waals surface area (Å²) in [6.45, 7) is 2.64. The number of ether oxygens (including phenoxy) is 1. The summed E-state index contributed by atoms with van der Waals surface area (Å²) in [7, 11) is 1.37. The highest BCUT2D eigenvalue weighted by Gasteiger charge is 2.24. The number of nitrogens with zero attached hydrogens (tertiary/aromatic N) is 2. The Morgan fingerprint density at radius 1 is 1.27 bits per heavy atom. The summed E-state index contributed by atoms with van der Waals surface area (Å²) in [6, 6.07) is 14.7. The molecule has 1 heterocycles. The molecular weight excluding hydrogens is 332 g/mol. The number of carbonyl (C=O) groups is 1. The summed E-state index contributed by atoms with van der Waals surface area (Å²) < 4.78 is 5.03. The molecule has 1 aliphatic rings. The van der Waals surface area contributed by atoms with E-state index in [1.54, 1.807) is 0 Å². The summed E-state index contributed by atoms with van der Waals surface area (Å²) in [5, 5.41) is 10.9. The second-order valence-corrected chi connectivity index (χ2v) is 6.51. The average Bonchev–Trinajstić information content (AvgIpc) is 3.15. The Labute approximate surface area is 152 Å². The van der Waals surface area contributed by atoms with E-state index in [2.05, 4.69) is 29.2 Å². The predicted molar refractivity (Wildman–Crippen MR) is 98.8 cm³/mol. The maximum atomic E-state index is 12.5. The summed E-state index contributed by atoms with van der Waals surface area (Å²) in [4.78, 5) is 25.2. The van der Waals surface area contributed by atoms with Crippen molar-refractivity contribution in [2.24, 2.45) is 0 Å². The quantitative estimate of drug-likeness (QED) is 0.431. The molecule has 1 saturated heterocycles. The lowest BCUT2D eigenvalue weighted by atomic mass is 9.99. The Kier molecular flexibility index (Phi) is 5.63. The van der Waals surface area contributed by atoms with Crippen LogP contribution in [0.4, 0.5) is 5.69 Å². The number of carbonyl (C=O) groups excluding carboxylic acids is 1. The molecule has 2 aromatic carbocycles. The van der Waals surface area contributed by atoms with E-state index < -0.39 is 4.92 Å². The minimum atomic E-state index is -0.513. The number of Topliss-reactive ketones (excluding diaryl/α,β-unsaturated/α-hetero) is 1. The molecular formula is C20H22N2O4. The van der Waals surface area contributed by atoms with Gasteiger partial charge in [-0.2, -0.15) is 0 Å². The van der Waals surface area contributed by atoms with E-state index in [1.807, 2.05) is 6.07 Å². The van der Waals surface area contributed by atoms with E-state index in [0.29, 0.717) is 24.4 Å². The molecule has 1 fully saturated rings. The Bertz CT molecular complexity index is 792. The van der Waals surface area contributed by atoms with Gasteiger partial charge >= 0.3 is 5.69 Å². The van der Waals surface area contributed by atoms with Gasteiger partial charge in [0.1, 0.15) is 0 Å². The fourth-order valence-electron chi connectivity index (χ4n) is 3.44. The molecule has 136 valence electrons. The standard InChI is InChI=1S/C20H22N2O4/c1-26-20-13-16(7-8-18(20)22(24)25)19(23)10-12-21-11-9-17(14-21)15-5-3-2-4-6-15/h2-8,13,17H,9-12,14H2,1H3/t17-/m0/s1. The van der Waals surface area contributed by atoms with Gasteiger partial charge in [-0.1, -0.05) is 30.3 Å². The molecule has 3 rings (SSSR count). The first-order chi connectivity index (χ1) is 12.6. The lowest BCUT2D eigenvalue weighted by Crippen LogP contribution is -2.23. The number of rotatable bonds is 7. The second kappa shape index (κ2) is 8.10. The van der Waals surface area contributed by atoms with Crippen molar-refractivity contribution in [2.75, 3.05) is 26.7 Å². The summed E-state index contributed by atoms with van der Waals surface area (Å²) in [5.41, 5.74) is 1.67. The van der Waals surface area contributed by atoms with Crippen molar-refractivity contribution in [3.8, 4) is 5.75 Å². The lowest BCUT2D eigenvalue weighted by Gasteiger charge is -2.16. The van der Waals surface area contributed by atoms with E-state index in [-0.39, 0.29) is 17.2 Å². The number of methoxy groups -OCH3 is 1. The van der Waals surface area contributed by atoms with Gasteiger partial charge < -0.3 is 9.64 Å². The minimum Gasteiger partial charge on any atom is -0.490 e. The molecule has 0 aliphatic carbocycles. The molecule has 0 amide bonds. The van der Waals surface area contributed by atoms with Gasteiger partial charge in [-0.05, 0) is 36.6 Å². The van der Waals surface area contributed by atoms with E-state index in [1.165, 1.54) is 30.9 Å². The highest BCUT2D eigenvalue weighted by Crippen LogP contribution is 2.29. The van der Waals surface area contributed by atoms with E-state index in [9.17, 15) is 14.9 Å². The Morgan fingerprint density at radius 3 is 2.73 bits per heavy atom. The van der Waals surface area contributed by atoms with Gasteiger partial charge in [0.2, 0.25) is 0 Å². The van der Waals surface area contributed by atoms with E-state index in [0.717, 1.165) is 19.5 Å². The molecule has 0 bridgehead atoms. The summed E-state index contributed by atoms with van der Waals surface area (Å²) in [6.07, 6.45) is 1.49. The normalized spacial score (nSPS) is 17.2. The van der Waals surface area contributed by atoms with Crippen LogP contribution in [0.5, 0.6) is 5.75 Å². The van der Waals surface area contributed by atoms with Gasteiger partial charge in [-0.25, -0.2) is 0 Å². The van der Waals surface area contributed by atoms with Crippen molar-refractivity contribution in [2.45, 2.75) is 18.8 Å². The molecule has 0 unspecified atom stereocenters. The molecule has 0 radical (unpaired) electrons. The lowest BCUT2D eigenvalue weighted by molar-refractivity contribution is -0.385. The van der Waals surface area contributed by atoms with Gasteiger partial charge in [-0.3, -0.25) is 14.9 Å². The van der Waals surface area contributed by atoms with Crippen LogP contribution in [-0.4, -0.2) is 42.4 Å². The molecule has 1 aliphatic heterocycles. The number of likely N-dealkylation sites (tertiary alicyclic amines) is 1. The Morgan fingerprint density at radius 2 is 2.04 bits per heavy atom. The second-order valence-electron chi connectivity index (χ2n) is 6.51. The SMILES string of the molecule is COc1cc(C(=O)CCN2CC[C@H](c3ccccc3)C2)ccc1[N+](=O)[O-]. The number of ketones is 1. The van der Waals surface area contributed by atoms with E-state index in [4.69, 9.17) is 4.74 Å². The molecule has 2 aromatic rings. The van der Waals surface area contributed by atoms with Crippen molar-refractivity contribution in [3.63, 3.8) is 0 Å². The average molecular weight is 354 g/mol. The van der Waals surface area contributed by atoms with E-state index >= 15 is 0 Å². The van der Waals surface area contributed by atoms with Crippen LogP contribution in [0.2, 0.25) is 0 Å². The van der Waals surface area contributed by atoms with Gasteiger partial charge in [0.05, 0.1) is 12.0 Å². The first-order valence-electron chi connectivity index (χ1n) is 8.71. The zero-order valence-corrected chi connectivity index (χ0v) is 14.8. The molecule has 1 atom stereocenters. The van der Waals surface area contributed by atoms with Crippen LogP contribution in [0.15, 0.2) is 48.5 Å². The largest absolute Gasteiger partial charge is 0.490 e. The zero-order valence-electron chi connectivity index (χ0n) is 14.8. The van der Waals surface area contributed by atoms with Crippen LogP contribution >= 0.6 is 0 Å². The molecule has 26 heavy (non-hydrogen) atoms. The van der Waals surface area contributed by atoms with Crippen molar-refractivity contribution < 1.29 is 14.5 Å². The molecule has 0 N–H and O–H groups in total. The van der Waals surface area contributed by atoms with Crippen LogP contribution in [-0.2, 0) is 0 Å². The van der Waals surface area contributed by atoms with Crippen LogP contribution in [0, 0.1) is 10.1 Å².